The van der Waals surface area contributed by atoms with Gasteiger partial charge in [0.25, 0.3) is 5.91 Å². The molecule has 2 aliphatic rings. The molecule has 1 N–H and O–H groups in total. The first-order valence-electron chi connectivity index (χ1n) is 8.45. The summed E-state index contributed by atoms with van der Waals surface area (Å²) in [5, 5.41) is 4.00. The minimum absolute atomic E-state index is 0.0207. The van der Waals surface area contributed by atoms with Crippen LogP contribution < -0.4 is 5.32 Å². The normalized spacial score (nSPS) is 23.8. The van der Waals surface area contributed by atoms with Gasteiger partial charge in [0, 0.05) is 30.1 Å². The van der Waals surface area contributed by atoms with Gasteiger partial charge in [0.1, 0.15) is 0 Å². The second-order valence-electron chi connectivity index (χ2n) is 6.52. The predicted molar refractivity (Wildman–Crippen MR) is 103 cm³/mol. The first-order chi connectivity index (χ1) is 11.9. The first-order valence-corrected chi connectivity index (χ1v) is 11.2. The molecule has 25 heavy (non-hydrogen) atoms. The molecule has 0 bridgehead atoms. The monoisotopic (exact) mass is 381 g/mol. The van der Waals surface area contributed by atoms with E-state index in [0.717, 1.165) is 30.2 Å². The number of nitrogens with one attached hydrogen (secondary N) is 1. The molecule has 0 aliphatic carbocycles. The number of amidine groups is 1. The highest BCUT2D eigenvalue weighted by molar-refractivity contribution is 8.15. The summed E-state index contributed by atoms with van der Waals surface area (Å²) in [4.78, 5) is 18.5. The zero-order chi connectivity index (χ0) is 18.0. The van der Waals surface area contributed by atoms with E-state index in [2.05, 4.69) is 17.2 Å². The molecule has 2 atom stereocenters. The molecule has 1 fully saturated rings. The van der Waals surface area contributed by atoms with Gasteiger partial charge in [-0.3, -0.25) is 9.79 Å². The SMILES string of the molecule is CCCCN(C)C(=O)c1ccc(NC2=N[C@H]3CS(=O)(=O)C[C@H]3S2)cc1. The number of hydrogen-bond acceptors (Lipinski definition) is 6. The topological polar surface area (TPSA) is 78.8 Å². The number of carbonyl (C=O) groups is 1. The maximum atomic E-state index is 12.3. The Hall–Kier alpha value is -1.54. The van der Waals surface area contributed by atoms with Crippen LogP contribution in [0.4, 0.5) is 5.69 Å². The lowest BCUT2D eigenvalue weighted by Crippen LogP contribution is -2.27. The number of anilines is 1. The summed E-state index contributed by atoms with van der Waals surface area (Å²) in [6, 6.07) is 7.19. The highest BCUT2D eigenvalue weighted by Gasteiger charge is 2.42. The number of thioether (sulfide) groups is 1. The first kappa shape index (κ1) is 18.3. The Morgan fingerprint density at radius 3 is 2.68 bits per heavy atom. The van der Waals surface area contributed by atoms with Crippen LogP contribution in [0.2, 0.25) is 0 Å². The van der Waals surface area contributed by atoms with Crippen molar-refractivity contribution in [3.05, 3.63) is 29.8 Å². The molecule has 0 aromatic heterocycles. The van der Waals surface area contributed by atoms with Gasteiger partial charge < -0.3 is 10.2 Å². The third-order valence-corrected chi connectivity index (χ3v) is 7.54. The smallest absolute Gasteiger partial charge is 0.253 e. The number of aliphatic imine (C=N–C) groups is 1. The van der Waals surface area contributed by atoms with Gasteiger partial charge >= 0.3 is 0 Å². The Labute approximate surface area is 153 Å². The van der Waals surface area contributed by atoms with Crippen molar-refractivity contribution in [2.75, 3.05) is 30.4 Å². The van der Waals surface area contributed by atoms with Crippen LogP contribution in [0.3, 0.4) is 0 Å². The van der Waals surface area contributed by atoms with Crippen molar-refractivity contribution >= 4 is 38.4 Å². The average Bonchev–Trinajstić information content (AvgIpc) is 3.05. The molecule has 1 amide bonds. The molecule has 1 saturated heterocycles. The molecular formula is C17H23N3O3S2. The van der Waals surface area contributed by atoms with Crippen LogP contribution in [0.15, 0.2) is 29.3 Å². The highest BCUT2D eigenvalue weighted by atomic mass is 32.2. The number of fused-ring (bicyclic) bond motifs is 1. The van der Waals surface area contributed by atoms with Crippen molar-refractivity contribution in [1.29, 1.82) is 0 Å². The average molecular weight is 382 g/mol. The van der Waals surface area contributed by atoms with Crippen LogP contribution >= 0.6 is 11.8 Å². The van der Waals surface area contributed by atoms with E-state index < -0.39 is 9.84 Å². The number of sulfone groups is 1. The minimum atomic E-state index is -2.93. The molecule has 2 aliphatic heterocycles. The zero-order valence-corrected chi connectivity index (χ0v) is 16.1. The van der Waals surface area contributed by atoms with Gasteiger partial charge in [-0.2, -0.15) is 0 Å². The summed E-state index contributed by atoms with van der Waals surface area (Å²) in [7, 11) is -1.11. The van der Waals surface area contributed by atoms with E-state index in [-0.39, 0.29) is 28.7 Å². The van der Waals surface area contributed by atoms with Crippen molar-refractivity contribution in [2.45, 2.75) is 31.1 Å². The van der Waals surface area contributed by atoms with Gasteiger partial charge in [-0.15, -0.1) is 0 Å². The molecular weight excluding hydrogens is 358 g/mol. The van der Waals surface area contributed by atoms with Gasteiger partial charge in [0.2, 0.25) is 0 Å². The van der Waals surface area contributed by atoms with E-state index in [1.54, 1.807) is 17.0 Å². The van der Waals surface area contributed by atoms with E-state index in [0.29, 0.717) is 5.56 Å². The van der Waals surface area contributed by atoms with E-state index >= 15 is 0 Å². The van der Waals surface area contributed by atoms with Crippen LogP contribution in [0.1, 0.15) is 30.1 Å². The van der Waals surface area contributed by atoms with Gasteiger partial charge in [-0.25, -0.2) is 8.42 Å². The van der Waals surface area contributed by atoms with Gasteiger partial charge in [-0.1, -0.05) is 25.1 Å². The number of amides is 1. The lowest BCUT2D eigenvalue weighted by molar-refractivity contribution is 0.0793. The predicted octanol–water partition coefficient (Wildman–Crippen LogP) is 2.24. The molecule has 0 radical (unpaired) electrons. The second-order valence-corrected chi connectivity index (χ2v) is 9.90. The summed E-state index contributed by atoms with van der Waals surface area (Å²) < 4.78 is 23.2. The fourth-order valence-corrected chi connectivity index (χ4v) is 6.63. The molecule has 136 valence electrons. The Balaban J connectivity index is 1.59. The van der Waals surface area contributed by atoms with Gasteiger partial charge in [0.15, 0.2) is 15.0 Å². The molecule has 0 unspecified atom stereocenters. The number of benzene rings is 1. The quantitative estimate of drug-likeness (QED) is 0.846. The van der Waals surface area contributed by atoms with E-state index in [4.69, 9.17) is 0 Å². The fraction of sp³-hybridized carbons (Fsp3) is 0.529. The maximum absolute atomic E-state index is 12.3. The maximum Gasteiger partial charge on any atom is 0.253 e. The zero-order valence-electron chi connectivity index (χ0n) is 14.4. The highest BCUT2D eigenvalue weighted by Crippen LogP contribution is 2.34. The third-order valence-electron chi connectivity index (χ3n) is 4.40. The molecule has 0 spiro atoms. The molecule has 8 heteroatoms. The number of unbranched alkanes of at least 4 members (excludes halogenated alkanes) is 1. The Morgan fingerprint density at radius 1 is 1.32 bits per heavy atom. The van der Waals surface area contributed by atoms with Crippen LogP contribution in [0, 0.1) is 0 Å². The molecule has 6 nitrogen and oxygen atoms in total. The summed E-state index contributed by atoms with van der Waals surface area (Å²) >= 11 is 1.49. The van der Waals surface area contributed by atoms with Crippen LogP contribution in [0.5, 0.6) is 0 Å². The standard InChI is InChI=1S/C17H23N3O3S2/c1-3-4-9-20(2)16(21)12-5-7-13(8-6-12)18-17-19-14-10-25(22,23)11-15(14)24-17/h5-8,14-15H,3-4,9-11H2,1-2H3,(H,18,19)/t14-,15+/m0/s1. The van der Waals surface area contributed by atoms with Crippen molar-refractivity contribution in [1.82, 2.24) is 4.90 Å². The Morgan fingerprint density at radius 2 is 2.04 bits per heavy atom. The Bertz CT molecular complexity index is 775. The Kier molecular flexibility index (Phi) is 5.38. The summed E-state index contributed by atoms with van der Waals surface area (Å²) in [5.74, 6) is 0.370. The number of nitrogens with zero attached hydrogens (tertiary/aromatic N) is 2. The summed E-state index contributed by atoms with van der Waals surface area (Å²) in [6.45, 7) is 2.86. The third kappa shape index (κ3) is 4.36. The van der Waals surface area contributed by atoms with Crippen LogP contribution in [0.25, 0.3) is 0 Å². The number of carbonyl (C=O) groups excluding carboxylic acids is 1. The number of rotatable bonds is 5. The van der Waals surface area contributed by atoms with Gasteiger partial charge in [0.05, 0.1) is 17.5 Å². The largest absolute Gasteiger partial charge is 0.342 e. The molecule has 3 rings (SSSR count). The van der Waals surface area contributed by atoms with Crippen molar-refractivity contribution < 1.29 is 13.2 Å². The summed E-state index contributed by atoms with van der Waals surface area (Å²) in [5.41, 5.74) is 1.51. The van der Waals surface area contributed by atoms with Crippen molar-refractivity contribution in [3.63, 3.8) is 0 Å². The molecule has 0 saturated carbocycles. The van der Waals surface area contributed by atoms with Crippen molar-refractivity contribution in [2.24, 2.45) is 4.99 Å². The molecule has 1 aromatic carbocycles. The van der Waals surface area contributed by atoms with Crippen LogP contribution in [-0.4, -0.2) is 60.8 Å². The lowest BCUT2D eigenvalue weighted by Gasteiger charge is -2.17. The fourth-order valence-electron chi connectivity index (χ4n) is 2.95. The molecule has 2 heterocycles. The minimum Gasteiger partial charge on any atom is -0.342 e. The van der Waals surface area contributed by atoms with E-state index in [1.807, 2.05) is 19.2 Å². The lowest BCUT2D eigenvalue weighted by atomic mass is 10.2. The van der Waals surface area contributed by atoms with Gasteiger partial charge in [-0.05, 0) is 30.7 Å². The van der Waals surface area contributed by atoms with E-state index in [9.17, 15) is 13.2 Å². The van der Waals surface area contributed by atoms with Crippen LogP contribution in [-0.2, 0) is 9.84 Å². The van der Waals surface area contributed by atoms with Crippen molar-refractivity contribution in [3.8, 4) is 0 Å². The molecule has 1 aromatic rings. The number of hydrogen-bond donors (Lipinski definition) is 1. The van der Waals surface area contributed by atoms with E-state index in [1.165, 1.54) is 11.8 Å². The second kappa shape index (κ2) is 7.37. The summed E-state index contributed by atoms with van der Waals surface area (Å²) in [6.07, 6.45) is 2.06.